The molecule has 0 spiro atoms. The normalized spacial score (nSPS) is 11.5. The van der Waals surface area contributed by atoms with E-state index in [-0.39, 0.29) is 0 Å². The highest BCUT2D eigenvalue weighted by atomic mass is 16.6. The van der Waals surface area contributed by atoms with Gasteiger partial charge in [0, 0.05) is 10.9 Å². The first-order valence-corrected chi connectivity index (χ1v) is 7.51. The number of benzene rings is 2. The van der Waals surface area contributed by atoms with Gasteiger partial charge >= 0.3 is 0 Å². The fraction of sp³-hybridized carbons (Fsp3) is 0.0588. The van der Waals surface area contributed by atoms with Crippen LogP contribution in [0.25, 0.3) is 33.0 Å². The Morgan fingerprint density at radius 3 is 2.96 bits per heavy atom. The molecule has 0 unspecified atom stereocenters. The molecule has 7 heteroatoms. The highest BCUT2D eigenvalue weighted by molar-refractivity contribution is 6.09. The van der Waals surface area contributed by atoms with Crippen molar-refractivity contribution in [3.63, 3.8) is 0 Å². The van der Waals surface area contributed by atoms with Crippen LogP contribution in [-0.2, 0) is 0 Å². The molecule has 0 radical (unpaired) electrons. The van der Waals surface area contributed by atoms with Gasteiger partial charge in [-0.15, -0.1) is 0 Å². The van der Waals surface area contributed by atoms with Crippen LogP contribution in [0.2, 0.25) is 0 Å². The van der Waals surface area contributed by atoms with E-state index >= 15 is 0 Å². The molecular formula is C17H12N6O. The van der Waals surface area contributed by atoms with Crippen molar-refractivity contribution in [3.8, 4) is 0 Å². The molecule has 0 amide bonds. The molecule has 0 atom stereocenters. The third-order valence-electron chi connectivity index (χ3n) is 4.08. The summed E-state index contributed by atoms with van der Waals surface area (Å²) in [6.07, 6.45) is 1.56. The number of nitrogens with one attached hydrogen (secondary N) is 2. The predicted octanol–water partition coefficient (Wildman–Crippen LogP) is 3.70. The Labute approximate surface area is 135 Å². The Hall–Kier alpha value is -3.48. The number of H-pyrrole nitrogens is 1. The third-order valence-corrected chi connectivity index (χ3v) is 4.08. The van der Waals surface area contributed by atoms with E-state index in [0.717, 1.165) is 27.6 Å². The maximum Gasteiger partial charge on any atom is 0.158 e. The molecule has 116 valence electrons. The molecule has 0 bridgehead atoms. The van der Waals surface area contributed by atoms with E-state index < -0.39 is 0 Å². The molecule has 0 saturated heterocycles. The zero-order valence-corrected chi connectivity index (χ0v) is 12.7. The van der Waals surface area contributed by atoms with Crippen LogP contribution in [0.1, 0.15) is 5.56 Å². The smallest absolute Gasteiger partial charge is 0.158 e. The number of nitrogens with zero attached hydrogens (tertiary/aromatic N) is 4. The molecule has 7 nitrogen and oxygen atoms in total. The Morgan fingerprint density at radius 1 is 1.04 bits per heavy atom. The molecule has 0 fully saturated rings. The highest BCUT2D eigenvalue weighted by Gasteiger charge is 2.13. The Bertz CT molecular complexity index is 1210. The average Bonchev–Trinajstić information content (AvgIpc) is 3.20. The van der Waals surface area contributed by atoms with Gasteiger partial charge in [0.15, 0.2) is 11.3 Å². The predicted molar refractivity (Wildman–Crippen MR) is 91.2 cm³/mol. The van der Waals surface area contributed by atoms with Gasteiger partial charge < -0.3 is 10.3 Å². The van der Waals surface area contributed by atoms with Crippen LogP contribution in [0, 0.1) is 6.92 Å². The number of aromatic nitrogens is 5. The minimum atomic E-state index is 0.663. The van der Waals surface area contributed by atoms with Crippen LogP contribution in [-0.4, -0.2) is 25.3 Å². The summed E-state index contributed by atoms with van der Waals surface area (Å²) < 4.78 is 4.81. The van der Waals surface area contributed by atoms with Crippen molar-refractivity contribution in [3.05, 3.63) is 48.3 Å². The lowest BCUT2D eigenvalue weighted by molar-refractivity contribution is 0.315. The molecule has 0 saturated carbocycles. The summed E-state index contributed by atoms with van der Waals surface area (Å²) in [7, 11) is 0. The van der Waals surface area contributed by atoms with E-state index in [1.54, 1.807) is 6.33 Å². The van der Waals surface area contributed by atoms with Gasteiger partial charge in [0.05, 0.1) is 5.69 Å². The monoisotopic (exact) mass is 316 g/mol. The SMILES string of the molecule is Cc1ccc2[nH]c3c(Nc4cccc5nonc45)ncnc3c2c1. The lowest BCUT2D eigenvalue weighted by atomic mass is 10.1. The van der Waals surface area contributed by atoms with E-state index in [0.29, 0.717) is 16.9 Å². The molecule has 2 aromatic carbocycles. The minimum absolute atomic E-state index is 0.663. The maximum atomic E-state index is 4.81. The van der Waals surface area contributed by atoms with Crippen LogP contribution in [0.4, 0.5) is 11.5 Å². The van der Waals surface area contributed by atoms with Crippen LogP contribution in [0.3, 0.4) is 0 Å². The van der Waals surface area contributed by atoms with Crippen molar-refractivity contribution in [2.75, 3.05) is 5.32 Å². The van der Waals surface area contributed by atoms with Gasteiger partial charge in [-0.2, -0.15) is 0 Å². The second-order valence-electron chi connectivity index (χ2n) is 5.68. The average molecular weight is 316 g/mol. The molecular weight excluding hydrogens is 304 g/mol. The second-order valence-corrected chi connectivity index (χ2v) is 5.68. The second kappa shape index (κ2) is 4.76. The van der Waals surface area contributed by atoms with Gasteiger partial charge in [-0.3, -0.25) is 0 Å². The molecule has 3 heterocycles. The molecule has 2 N–H and O–H groups in total. The van der Waals surface area contributed by atoms with E-state index in [9.17, 15) is 0 Å². The fourth-order valence-electron chi connectivity index (χ4n) is 2.94. The molecule has 24 heavy (non-hydrogen) atoms. The van der Waals surface area contributed by atoms with Crippen molar-refractivity contribution < 1.29 is 4.63 Å². The summed E-state index contributed by atoms with van der Waals surface area (Å²) in [5.74, 6) is 0.685. The van der Waals surface area contributed by atoms with Crippen LogP contribution in [0.5, 0.6) is 0 Å². The molecule has 5 rings (SSSR count). The van der Waals surface area contributed by atoms with Crippen molar-refractivity contribution >= 4 is 44.5 Å². The summed E-state index contributed by atoms with van der Waals surface area (Å²) in [5.41, 5.74) is 6.09. The Balaban J connectivity index is 1.72. The van der Waals surface area contributed by atoms with Crippen LogP contribution < -0.4 is 5.32 Å². The number of rotatable bonds is 2. The van der Waals surface area contributed by atoms with E-state index in [1.165, 1.54) is 5.56 Å². The lowest BCUT2D eigenvalue weighted by Gasteiger charge is -2.05. The van der Waals surface area contributed by atoms with Gasteiger partial charge in [0.2, 0.25) is 0 Å². The van der Waals surface area contributed by atoms with Gasteiger partial charge in [-0.1, -0.05) is 17.7 Å². The summed E-state index contributed by atoms with van der Waals surface area (Å²) in [6.45, 7) is 2.07. The summed E-state index contributed by atoms with van der Waals surface area (Å²) in [5, 5.41) is 12.2. The number of fused-ring (bicyclic) bond motifs is 4. The third kappa shape index (κ3) is 1.84. The first kappa shape index (κ1) is 13.0. The van der Waals surface area contributed by atoms with Gasteiger partial charge in [-0.05, 0) is 41.5 Å². The fourth-order valence-corrected chi connectivity index (χ4v) is 2.94. The van der Waals surface area contributed by atoms with Crippen LogP contribution >= 0.6 is 0 Å². The number of anilines is 2. The van der Waals surface area contributed by atoms with Gasteiger partial charge in [-0.25, -0.2) is 14.6 Å². The minimum Gasteiger partial charge on any atom is -0.350 e. The number of hydrogen-bond acceptors (Lipinski definition) is 6. The standard InChI is InChI=1S/C17H12N6O/c1-9-5-6-11-10(7-9)14-16(20-11)17(19-8-18-14)21-12-3-2-4-13-15(12)23-24-22-13/h2-8,20H,1H3,(H,18,19,21). The summed E-state index contributed by atoms with van der Waals surface area (Å²) in [4.78, 5) is 12.2. The van der Waals surface area contributed by atoms with Crippen molar-refractivity contribution in [2.24, 2.45) is 0 Å². The maximum absolute atomic E-state index is 4.81. The summed E-state index contributed by atoms with van der Waals surface area (Å²) >= 11 is 0. The molecule has 0 aliphatic heterocycles. The number of aromatic amines is 1. The van der Waals surface area contributed by atoms with Crippen LogP contribution in [0.15, 0.2) is 47.4 Å². The quantitative estimate of drug-likeness (QED) is 0.516. The van der Waals surface area contributed by atoms with Crippen molar-refractivity contribution in [1.82, 2.24) is 25.3 Å². The van der Waals surface area contributed by atoms with E-state index in [4.69, 9.17) is 4.63 Å². The number of hydrogen-bond donors (Lipinski definition) is 2. The number of aryl methyl sites for hydroxylation is 1. The molecule has 0 aliphatic rings. The lowest BCUT2D eigenvalue weighted by Crippen LogP contribution is -1.96. The Morgan fingerprint density at radius 2 is 2.00 bits per heavy atom. The first-order valence-electron chi connectivity index (χ1n) is 7.51. The van der Waals surface area contributed by atoms with Crippen molar-refractivity contribution in [1.29, 1.82) is 0 Å². The van der Waals surface area contributed by atoms with Gasteiger partial charge in [0.25, 0.3) is 0 Å². The zero-order chi connectivity index (χ0) is 16.1. The largest absolute Gasteiger partial charge is 0.350 e. The molecule has 3 aromatic heterocycles. The van der Waals surface area contributed by atoms with E-state index in [2.05, 4.69) is 55.7 Å². The first-order chi connectivity index (χ1) is 11.8. The Kier molecular flexibility index (Phi) is 2.58. The van der Waals surface area contributed by atoms with E-state index in [1.807, 2.05) is 18.2 Å². The molecule has 5 aromatic rings. The summed E-state index contributed by atoms with van der Waals surface area (Å²) in [6, 6.07) is 11.9. The molecule has 0 aliphatic carbocycles. The van der Waals surface area contributed by atoms with Gasteiger partial charge in [0.1, 0.15) is 22.9 Å². The topological polar surface area (TPSA) is 92.5 Å². The highest BCUT2D eigenvalue weighted by Crippen LogP contribution is 2.30. The zero-order valence-electron chi connectivity index (χ0n) is 12.7. The van der Waals surface area contributed by atoms with Crippen molar-refractivity contribution in [2.45, 2.75) is 6.92 Å².